The minimum Gasteiger partial charge on any atom is -0.421 e. The number of carbonyl (C=O) groups is 1. The van der Waals surface area contributed by atoms with E-state index in [0.29, 0.717) is 48.7 Å². The van der Waals surface area contributed by atoms with Gasteiger partial charge in [0.25, 0.3) is 5.91 Å². The second kappa shape index (κ2) is 11.3. The number of nitrogens with zero attached hydrogens (tertiary/aromatic N) is 5. The van der Waals surface area contributed by atoms with Crippen molar-refractivity contribution in [2.45, 2.75) is 57.5 Å². The van der Waals surface area contributed by atoms with Gasteiger partial charge in [0.05, 0.1) is 39.3 Å². The van der Waals surface area contributed by atoms with Crippen LogP contribution in [0.15, 0.2) is 65.2 Å². The van der Waals surface area contributed by atoms with Gasteiger partial charge >= 0.3 is 0 Å². The number of nitrogens with one attached hydrogen (secondary N) is 1. The summed E-state index contributed by atoms with van der Waals surface area (Å²) in [7, 11) is 0. The Morgan fingerprint density at radius 1 is 1.02 bits per heavy atom. The van der Waals surface area contributed by atoms with Crippen LogP contribution in [0.2, 0.25) is 0 Å². The maximum absolute atomic E-state index is 14.5. The number of aromatic nitrogens is 4. The number of thiophene rings is 1. The number of rotatable bonds is 7. The van der Waals surface area contributed by atoms with Gasteiger partial charge in [-0.25, -0.2) is 13.8 Å². The molecule has 48 heavy (non-hydrogen) atoms. The molecule has 2 atom stereocenters. The van der Waals surface area contributed by atoms with Gasteiger partial charge < -0.3 is 14.6 Å². The smallest absolute Gasteiger partial charge is 0.257 e. The Morgan fingerprint density at radius 3 is 2.73 bits per heavy atom. The number of hydrogen-bond acceptors (Lipinski definition) is 8. The number of anilines is 1. The molecule has 6 aromatic rings. The van der Waals surface area contributed by atoms with Crippen LogP contribution in [-0.2, 0) is 19.3 Å². The lowest BCUT2D eigenvalue weighted by Gasteiger charge is -2.16. The van der Waals surface area contributed by atoms with Crippen LogP contribution in [0.4, 0.5) is 14.6 Å². The van der Waals surface area contributed by atoms with E-state index in [1.807, 2.05) is 17.0 Å². The predicted octanol–water partition coefficient (Wildman–Crippen LogP) is 8.17. The molecule has 3 aliphatic rings. The second-order valence-corrected chi connectivity index (χ2v) is 13.8. The van der Waals surface area contributed by atoms with E-state index in [-0.39, 0.29) is 29.6 Å². The Balaban J connectivity index is 1.21. The minimum atomic E-state index is -0.282. The summed E-state index contributed by atoms with van der Waals surface area (Å²) < 4.78 is 35.3. The van der Waals surface area contributed by atoms with E-state index >= 15 is 0 Å². The average molecular weight is 661 g/mol. The van der Waals surface area contributed by atoms with Crippen LogP contribution in [0.3, 0.4) is 0 Å². The molecule has 240 valence electrons. The lowest BCUT2D eigenvalue weighted by atomic mass is 9.93. The van der Waals surface area contributed by atoms with Crippen LogP contribution in [-0.4, -0.2) is 37.5 Å². The number of hydrogen-bond donors (Lipinski definition) is 1. The molecule has 11 heteroatoms. The summed E-state index contributed by atoms with van der Waals surface area (Å²) in [4.78, 5) is 26.9. The molecule has 1 saturated heterocycles. The topological polar surface area (TPSA) is 97.0 Å². The van der Waals surface area contributed by atoms with Crippen LogP contribution in [0.25, 0.3) is 32.0 Å². The van der Waals surface area contributed by atoms with Crippen LogP contribution in [0.1, 0.15) is 75.7 Å². The first-order valence-electron chi connectivity index (χ1n) is 16.3. The molecular weight excluding hydrogens is 631 g/mol. The number of carbonyl (C=O) groups excluding carboxylic acids is 1. The van der Waals surface area contributed by atoms with Gasteiger partial charge in [0.2, 0.25) is 11.8 Å². The lowest BCUT2D eigenvalue weighted by Crippen LogP contribution is -2.22. The number of fused-ring (bicyclic) bond motifs is 5. The number of aryl methyl sites for hydroxylation is 3. The van der Waals surface area contributed by atoms with Gasteiger partial charge in [0.1, 0.15) is 17.5 Å². The fourth-order valence-corrected chi connectivity index (χ4v) is 8.80. The number of pyridine rings is 2. The zero-order valence-electron chi connectivity index (χ0n) is 26.1. The quantitative estimate of drug-likeness (QED) is 0.185. The lowest BCUT2D eigenvalue weighted by molar-refractivity contribution is 0.0776. The van der Waals surface area contributed by atoms with E-state index in [1.165, 1.54) is 18.2 Å². The highest BCUT2D eigenvalue weighted by atomic mass is 32.1. The maximum atomic E-state index is 14.5. The van der Waals surface area contributed by atoms with Crippen molar-refractivity contribution in [3.8, 4) is 21.9 Å². The van der Waals surface area contributed by atoms with Crippen molar-refractivity contribution in [2.24, 2.45) is 0 Å². The SMILES string of the molecule is Cc1nnc(-c2c(CCc3ccc(F)cc3)nc3c(c2-c2cc4ccnc(N[C@H]5CCc6c(F)cccc65)c4s2)C(=O)N2CCC[C@H]32)o1. The van der Waals surface area contributed by atoms with Gasteiger partial charge in [-0.1, -0.05) is 24.3 Å². The minimum absolute atomic E-state index is 0.0314. The van der Waals surface area contributed by atoms with Crippen molar-refractivity contribution in [2.75, 3.05) is 11.9 Å². The van der Waals surface area contributed by atoms with Crippen LogP contribution in [0.5, 0.6) is 0 Å². The fourth-order valence-electron chi connectivity index (χ4n) is 7.63. The summed E-state index contributed by atoms with van der Waals surface area (Å²) in [6.45, 7) is 2.43. The standard InChI is InChI=1S/C37H30F2N6O2S/c1-19-43-44-36(47-19)30-27(13-9-20-7-10-22(38)11-8-20)41-33-28-6-3-17-45(28)37(46)32(33)31(30)29-18-21-15-16-40-35(34(21)48-29)42-26-14-12-23-24(26)4-2-5-25(23)39/h2,4-5,7-8,10-11,15-16,18,26,28H,3,6,9,12-14,17H2,1H3,(H,40,42)/t26-,28+/m0/s1. The zero-order valence-corrected chi connectivity index (χ0v) is 26.9. The molecule has 0 spiro atoms. The van der Waals surface area contributed by atoms with Crippen molar-refractivity contribution >= 4 is 33.1 Å². The maximum Gasteiger partial charge on any atom is 0.257 e. The molecule has 0 saturated carbocycles. The molecule has 1 N–H and O–H groups in total. The second-order valence-electron chi connectivity index (χ2n) is 12.7. The van der Waals surface area contributed by atoms with Crippen molar-refractivity contribution in [1.29, 1.82) is 0 Å². The molecule has 6 heterocycles. The van der Waals surface area contributed by atoms with E-state index < -0.39 is 0 Å². The number of halogens is 2. The van der Waals surface area contributed by atoms with Crippen molar-refractivity contribution < 1.29 is 18.0 Å². The summed E-state index contributed by atoms with van der Waals surface area (Å²) in [6.07, 6.45) is 6.14. The summed E-state index contributed by atoms with van der Waals surface area (Å²) in [5, 5.41) is 13.2. The first-order chi connectivity index (χ1) is 23.4. The van der Waals surface area contributed by atoms with E-state index in [4.69, 9.17) is 14.4 Å². The van der Waals surface area contributed by atoms with Gasteiger partial charge in [-0.2, -0.15) is 0 Å². The molecule has 8 nitrogen and oxygen atoms in total. The third kappa shape index (κ3) is 4.70. The Kier molecular flexibility index (Phi) is 6.86. The Morgan fingerprint density at radius 2 is 1.90 bits per heavy atom. The van der Waals surface area contributed by atoms with E-state index in [9.17, 15) is 13.6 Å². The van der Waals surface area contributed by atoms with Gasteiger partial charge in [-0.05, 0) is 90.9 Å². The van der Waals surface area contributed by atoms with Gasteiger partial charge in [0.15, 0.2) is 0 Å². The number of amides is 1. The fraction of sp³-hybridized carbons (Fsp3) is 0.270. The van der Waals surface area contributed by atoms with Gasteiger partial charge in [0, 0.05) is 30.1 Å². The summed E-state index contributed by atoms with van der Waals surface area (Å²) in [5.41, 5.74) is 6.24. The van der Waals surface area contributed by atoms with Gasteiger partial charge in [-0.3, -0.25) is 9.78 Å². The Labute approximate surface area is 278 Å². The van der Waals surface area contributed by atoms with Crippen LogP contribution in [0, 0.1) is 18.6 Å². The van der Waals surface area contributed by atoms with Crippen molar-refractivity contribution in [3.63, 3.8) is 0 Å². The predicted molar refractivity (Wildman–Crippen MR) is 179 cm³/mol. The summed E-state index contributed by atoms with van der Waals surface area (Å²) in [6, 6.07) is 15.7. The molecule has 1 amide bonds. The molecule has 0 unspecified atom stereocenters. The highest BCUT2D eigenvalue weighted by Crippen LogP contribution is 2.50. The molecular formula is C37H30F2N6O2S. The first-order valence-corrected chi connectivity index (χ1v) is 17.1. The normalized spacial score (nSPS) is 18.1. The summed E-state index contributed by atoms with van der Waals surface area (Å²) >= 11 is 1.55. The third-order valence-corrected chi connectivity index (χ3v) is 11.0. The zero-order chi connectivity index (χ0) is 32.5. The van der Waals surface area contributed by atoms with Crippen molar-refractivity contribution in [3.05, 3.63) is 112 Å². The van der Waals surface area contributed by atoms with E-state index in [0.717, 1.165) is 73.7 Å². The molecule has 9 rings (SSSR count). The van der Waals surface area contributed by atoms with E-state index in [2.05, 4.69) is 21.6 Å². The molecule has 2 aromatic carbocycles. The molecule has 0 bridgehead atoms. The molecule has 2 aliphatic heterocycles. The monoisotopic (exact) mass is 660 g/mol. The van der Waals surface area contributed by atoms with E-state index in [1.54, 1.807) is 42.7 Å². The molecule has 1 fully saturated rings. The Bertz CT molecular complexity index is 2250. The molecule has 0 radical (unpaired) electrons. The van der Waals surface area contributed by atoms with Crippen LogP contribution < -0.4 is 5.32 Å². The highest BCUT2D eigenvalue weighted by Gasteiger charge is 2.45. The highest BCUT2D eigenvalue weighted by molar-refractivity contribution is 7.23. The average Bonchev–Trinajstić information content (AvgIpc) is 3.92. The molecule has 1 aliphatic carbocycles. The van der Waals surface area contributed by atoms with Gasteiger partial charge in [-0.15, -0.1) is 21.5 Å². The largest absolute Gasteiger partial charge is 0.421 e. The molecule has 4 aromatic heterocycles. The first kappa shape index (κ1) is 29.1. The summed E-state index contributed by atoms with van der Waals surface area (Å²) in [5.74, 6) is 0.956. The number of benzene rings is 2. The van der Waals surface area contributed by atoms with Crippen molar-refractivity contribution in [1.82, 2.24) is 25.1 Å². The van der Waals surface area contributed by atoms with Crippen LogP contribution >= 0.6 is 11.3 Å². The Hall–Kier alpha value is -5.03. The third-order valence-electron chi connectivity index (χ3n) is 9.85.